The summed E-state index contributed by atoms with van der Waals surface area (Å²) >= 11 is 12.5. The molecule has 0 radical (unpaired) electrons. The number of nitrogens with zero attached hydrogens (tertiary/aromatic N) is 2. The molecule has 0 spiro atoms. The molecular weight excluding hydrogens is 329 g/mol. The Balaban J connectivity index is 1.91. The second kappa shape index (κ2) is 5.59. The van der Waals surface area contributed by atoms with Crippen molar-refractivity contribution in [3.63, 3.8) is 0 Å². The molecule has 3 aromatic rings. The highest BCUT2D eigenvalue weighted by Crippen LogP contribution is 2.38. The third-order valence-corrected chi connectivity index (χ3v) is 4.68. The van der Waals surface area contributed by atoms with Crippen LogP contribution in [0, 0.1) is 6.92 Å². The smallest absolute Gasteiger partial charge is 0.133 e. The molecule has 23 heavy (non-hydrogen) atoms. The highest BCUT2D eigenvalue weighted by molar-refractivity contribution is 6.35. The zero-order chi connectivity index (χ0) is 16.0. The summed E-state index contributed by atoms with van der Waals surface area (Å²) in [5.74, 6) is 1.04. The van der Waals surface area contributed by atoms with E-state index in [0.717, 1.165) is 35.7 Å². The van der Waals surface area contributed by atoms with Gasteiger partial charge in [-0.15, -0.1) is 0 Å². The minimum absolute atomic E-state index is 0.661. The Kier molecular flexibility index (Phi) is 3.55. The number of benzene rings is 2. The number of hydrogen-bond acceptors (Lipinski definition) is 2. The van der Waals surface area contributed by atoms with Gasteiger partial charge in [-0.25, -0.2) is 4.68 Å². The number of nitrogens with one attached hydrogen (secondary N) is 1. The second-order valence-corrected chi connectivity index (χ2v) is 6.57. The fourth-order valence-electron chi connectivity index (χ4n) is 2.94. The van der Waals surface area contributed by atoms with E-state index in [2.05, 4.69) is 36.5 Å². The molecule has 1 N–H and O–H groups in total. The fraction of sp³-hybridized carbons (Fsp3) is 0.167. The highest BCUT2D eigenvalue weighted by atomic mass is 35.5. The van der Waals surface area contributed by atoms with E-state index in [0.29, 0.717) is 10.0 Å². The Bertz CT molecular complexity index is 882. The number of fused-ring (bicyclic) bond motifs is 1. The maximum Gasteiger partial charge on any atom is 0.133 e. The van der Waals surface area contributed by atoms with Gasteiger partial charge in [-0.1, -0.05) is 40.9 Å². The number of aromatic nitrogens is 2. The predicted molar refractivity (Wildman–Crippen MR) is 96.0 cm³/mol. The van der Waals surface area contributed by atoms with Crippen molar-refractivity contribution < 1.29 is 0 Å². The van der Waals surface area contributed by atoms with Crippen molar-refractivity contribution in [1.29, 1.82) is 0 Å². The van der Waals surface area contributed by atoms with Gasteiger partial charge in [0, 0.05) is 22.7 Å². The summed E-state index contributed by atoms with van der Waals surface area (Å²) in [5, 5.41) is 9.57. The molecule has 5 heteroatoms. The highest BCUT2D eigenvalue weighted by Gasteiger charge is 2.25. The summed E-state index contributed by atoms with van der Waals surface area (Å²) in [6.45, 7) is 2.98. The maximum atomic E-state index is 6.38. The average Bonchev–Trinajstić information content (AvgIpc) is 3.13. The molecule has 0 atom stereocenters. The monoisotopic (exact) mass is 343 g/mol. The van der Waals surface area contributed by atoms with Gasteiger partial charge >= 0.3 is 0 Å². The molecule has 0 unspecified atom stereocenters. The van der Waals surface area contributed by atoms with Gasteiger partial charge in [0.05, 0.1) is 16.4 Å². The molecule has 0 bridgehead atoms. The van der Waals surface area contributed by atoms with Crippen LogP contribution < -0.4 is 5.32 Å². The first-order chi connectivity index (χ1) is 11.1. The molecule has 3 nitrogen and oxygen atoms in total. The Morgan fingerprint density at radius 1 is 1.09 bits per heavy atom. The molecule has 0 fully saturated rings. The van der Waals surface area contributed by atoms with Crippen molar-refractivity contribution in [2.24, 2.45) is 0 Å². The van der Waals surface area contributed by atoms with Crippen LogP contribution in [0.15, 0.2) is 42.5 Å². The van der Waals surface area contributed by atoms with Gasteiger partial charge < -0.3 is 5.32 Å². The minimum Gasteiger partial charge on any atom is -0.369 e. The van der Waals surface area contributed by atoms with Gasteiger partial charge in [-0.05, 0) is 43.7 Å². The van der Waals surface area contributed by atoms with Crippen molar-refractivity contribution in [2.75, 3.05) is 11.9 Å². The van der Waals surface area contributed by atoms with Crippen LogP contribution in [0.5, 0.6) is 0 Å². The molecule has 0 amide bonds. The third-order valence-electron chi connectivity index (χ3n) is 4.11. The van der Waals surface area contributed by atoms with Crippen molar-refractivity contribution in [3.05, 3.63) is 63.6 Å². The fourth-order valence-corrected chi connectivity index (χ4v) is 3.32. The Labute approximate surface area is 144 Å². The summed E-state index contributed by atoms with van der Waals surface area (Å²) in [4.78, 5) is 0. The summed E-state index contributed by atoms with van der Waals surface area (Å²) < 4.78 is 1.95. The topological polar surface area (TPSA) is 29.9 Å². The molecule has 1 aliphatic heterocycles. The van der Waals surface area contributed by atoms with Crippen LogP contribution in [-0.4, -0.2) is 16.3 Å². The minimum atomic E-state index is 0.661. The normalized spacial score (nSPS) is 13.0. The van der Waals surface area contributed by atoms with E-state index in [-0.39, 0.29) is 0 Å². The zero-order valence-electron chi connectivity index (χ0n) is 12.6. The van der Waals surface area contributed by atoms with Crippen LogP contribution >= 0.6 is 23.2 Å². The number of halogens is 2. The Hall–Kier alpha value is -1.97. The predicted octanol–water partition coefficient (Wildman–Crippen LogP) is 5.12. The first-order valence-electron chi connectivity index (χ1n) is 7.52. The first kappa shape index (κ1) is 14.6. The third kappa shape index (κ3) is 2.50. The van der Waals surface area contributed by atoms with Gasteiger partial charge in [0.1, 0.15) is 5.82 Å². The summed E-state index contributed by atoms with van der Waals surface area (Å²) in [7, 11) is 0. The molecule has 1 aliphatic rings. The van der Waals surface area contributed by atoms with Gasteiger partial charge in [0.2, 0.25) is 0 Å². The van der Waals surface area contributed by atoms with Crippen LogP contribution in [0.1, 0.15) is 11.1 Å². The Morgan fingerprint density at radius 3 is 2.65 bits per heavy atom. The molecule has 1 aromatic heterocycles. The van der Waals surface area contributed by atoms with E-state index in [4.69, 9.17) is 28.3 Å². The van der Waals surface area contributed by atoms with Crippen LogP contribution in [0.25, 0.3) is 16.9 Å². The molecule has 2 aromatic carbocycles. The molecular formula is C18H15Cl2N3. The van der Waals surface area contributed by atoms with E-state index in [1.54, 1.807) is 6.07 Å². The van der Waals surface area contributed by atoms with Crippen LogP contribution in [0.3, 0.4) is 0 Å². The molecule has 4 rings (SSSR count). The van der Waals surface area contributed by atoms with E-state index in [9.17, 15) is 0 Å². The number of anilines is 1. The zero-order valence-corrected chi connectivity index (χ0v) is 14.1. The molecule has 0 saturated carbocycles. The molecule has 2 heterocycles. The summed E-state index contributed by atoms with van der Waals surface area (Å²) in [6.07, 6.45) is 0.930. The largest absolute Gasteiger partial charge is 0.369 e. The van der Waals surface area contributed by atoms with E-state index in [1.807, 2.05) is 16.8 Å². The van der Waals surface area contributed by atoms with E-state index < -0.39 is 0 Å². The van der Waals surface area contributed by atoms with Crippen LogP contribution in [0.2, 0.25) is 10.0 Å². The number of aryl methyl sites for hydroxylation is 1. The molecule has 0 aliphatic carbocycles. The van der Waals surface area contributed by atoms with E-state index >= 15 is 0 Å². The maximum absolute atomic E-state index is 6.38. The lowest BCUT2D eigenvalue weighted by Gasteiger charge is -2.07. The van der Waals surface area contributed by atoms with Gasteiger partial charge in [-0.2, -0.15) is 5.10 Å². The lowest BCUT2D eigenvalue weighted by molar-refractivity contribution is 0.882. The van der Waals surface area contributed by atoms with E-state index in [1.165, 1.54) is 11.1 Å². The lowest BCUT2D eigenvalue weighted by Crippen LogP contribution is -2.04. The average molecular weight is 344 g/mol. The SMILES string of the molecule is Cc1ccc(-n2nc(-c3cc(Cl)ccc3Cl)c3c2NCC3)cc1. The Morgan fingerprint density at radius 2 is 1.87 bits per heavy atom. The van der Waals surface area contributed by atoms with Crippen molar-refractivity contribution in [2.45, 2.75) is 13.3 Å². The van der Waals surface area contributed by atoms with Gasteiger partial charge in [0.25, 0.3) is 0 Å². The van der Waals surface area contributed by atoms with Crippen molar-refractivity contribution in [3.8, 4) is 16.9 Å². The number of hydrogen-bond donors (Lipinski definition) is 1. The quantitative estimate of drug-likeness (QED) is 0.699. The lowest BCUT2D eigenvalue weighted by atomic mass is 10.1. The van der Waals surface area contributed by atoms with Gasteiger partial charge in [-0.3, -0.25) is 0 Å². The number of rotatable bonds is 2. The van der Waals surface area contributed by atoms with Crippen LogP contribution in [-0.2, 0) is 6.42 Å². The molecule has 116 valence electrons. The van der Waals surface area contributed by atoms with Crippen molar-refractivity contribution in [1.82, 2.24) is 9.78 Å². The second-order valence-electron chi connectivity index (χ2n) is 5.72. The van der Waals surface area contributed by atoms with Crippen molar-refractivity contribution >= 4 is 29.0 Å². The van der Waals surface area contributed by atoms with Gasteiger partial charge in [0.15, 0.2) is 0 Å². The van der Waals surface area contributed by atoms with Crippen LogP contribution in [0.4, 0.5) is 5.82 Å². The summed E-state index contributed by atoms with van der Waals surface area (Å²) in [5.41, 5.74) is 5.23. The summed E-state index contributed by atoms with van der Waals surface area (Å²) in [6, 6.07) is 13.8. The first-order valence-corrected chi connectivity index (χ1v) is 8.27. The molecule has 0 saturated heterocycles. The standard InChI is InChI=1S/C18H15Cl2N3/c1-11-2-5-13(6-3-11)23-18-14(8-9-21-18)17(22-23)15-10-12(19)4-7-16(15)20/h2-7,10,21H,8-9H2,1H3.